The summed E-state index contributed by atoms with van der Waals surface area (Å²) in [6, 6.07) is 0.113. The second-order valence-electron chi connectivity index (χ2n) is 31.4. The number of carbonyl (C=O) groups excluding carboxylic acids is 4. The SMILES string of the molecule is CCCCCCCCC1CC(CCCCC(=O)C[C@@H]2CCCC[C@H]2CC(=O)CCCCCCCCCCCCCCCC(C)C)C(CCCCC(=O)N[C@H]2CCCC[C@@H]2NC(=O)CCCCCCCCCCCCCC(C)C)CC1CCCCCCCC. The number of amides is 2. The number of Topliss-reactive ketones (excluding diaryl/α,β-unsaturated/α-hetero) is 2. The molecule has 3 fully saturated rings. The van der Waals surface area contributed by atoms with Crippen LogP contribution in [-0.4, -0.2) is 35.5 Å². The van der Waals surface area contributed by atoms with E-state index in [0.29, 0.717) is 49.1 Å². The van der Waals surface area contributed by atoms with Crippen molar-refractivity contribution in [2.45, 2.75) is 452 Å². The molecule has 516 valence electrons. The third-order valence-corrected chi connectivity index (χ3v) is 22.3. The molecule has 3 rings (SSSR count). The van der Waals surface area contributed by atoms with Crippen molar-refractivity contribution in [2.75, 3.05) is 0 Å². The van der Waals surface area contributed by atoms with E-state index in [9.17, 15) is 19.2 Å². The van der Waals surface area contributed by atoms with E-state index < -0.39 is 0 Å². The van der Waals surface area contributed by atoms with Gasteiger partial charge in [-0.3, -0.25) is 19.2 Å². The number of ketones is 2. The topological polar surface area (TPSA) is 92.3 Å². The van der Waals surface area contributed by atoms with Gasteiger partial charge in [0, 0.05) is 50.6 Å². The molecule has 0 aromatic rings. The Morgan fingerprint density at radius 2 is 0.545 bits per heavy atom. The van der Waals surface area contributed by atoms with Gasteiger partial charge in [0.1, 0.15) is 11.6 Å². The van der Waals surface area contributed by atoms with Crippen molar-refractivity contribution in [1.82, 2.24) is 10.6 Å². The molecule has 0 saturated heterocycles. The summed E-state index contributed by atoms with van der Waals surface area (Å²) in [5, 5.41) is 6.82. The number of carbonyl (C=O) groups is 4. The zero-order valence-corrected chi connectivity index (χ0v) is 60.2. The van der Waals surface area contributed by atoms with E-state index in [1.165, 1.54) is 276 Å². The van der Waals surface area contributed by atoms with E-state index in [1.54, 1.807) is 0 Å². The summed E-state index contributed by atoms with van der Waals surface area (Å²) in [7, 11) is 0. The highest BCUT2D eigenvalue weighted by molar-refractivity contribution is 5.80. The molecular weight excluding hydrogens is 1080 g/mol. The molecule has 2 N–H and O–H groups in total. The molecule has 0 radical (unpaired) electrons. The number of hydrogen-bond donors (Lipinski definition) is 2. The lowest BCUT2D eigenvalue weighted by Crippen LogP contribution is -2.53. The smallest absolute Gasteiger partial charge is 0.220 e. The van der Waals surface area contributed by atoms with Crippen molar-refractivity contribution in [3.05, 3.63) is 0 Å². The first kappa shape index (κ1) is 80.5. The van der Waals surface area contributed by atoms with Crippen LogP contribution in [0.25, 0.3) is 0 Å². The van der Waals surface area contributed by atoms with E-state index in [1.807, 2.05) is 0 Å². The van der Waals surface area contributed by atoms with Crippen LogP contribution >= 0.6 is 0 Å². The first-order valence-electron chi connectivity index (χ1n) is 40.6. The summed E-state index contributed by atoms with van der Waals surface area (Å²) >= 11 is 0. The lowest BCUT2D eigenvalue weighted by atomic mass is 9.63. The summed E-state index contributed by atoms with van der Waals surface area (Å²) in [6.07, 6.45) is 76.2. The Hall–Kier alpha value is -1.72. The van der Waals surface area contributed by atoms with Gasteiger partial charge in [0.2, 0.25) is 11.8 Å². The second-order valence-corrected chi connectivity index (χ2v) is 31.4. The van der Waals surface area contributed by atoms with E-state index >= 15 is 0 Å². The summed E-state index contributed by atoms with van der Waals surface area (Å²) in [6.45, 7) is 14.0. The molecule has 4 unspecified atom stereocenters. The van der Waals surface area contributed by atoms with Gasteiger partial charge in [0.15, 0.2) is 0 Å². The molecule has 3 aliphatic carbocycles. The van der Waals surface area contributed by atoms with Gasteiger partial charge in [0.25, 0.3) is 0 Å². The highest BCUT2D eigenvalue weighted by atomic mass is 16.2. The predicted octanol–water partition coefficient (Wildman–Crippen LogP) is 25.4. The third kappa shape index (κ3) is 43.2. The lowest BCUT2D eigenvalue weighted by Gasteiger charge is -2.42. The first-order chi connectivity index (χ1) is 43.0. The zero-order chi connectivity index (χ0) is 63.3. The molecule has 0 heterocycles. The van der Waals surface area contributed by atoms with Crippen LogP contribution in [0.5, 0.6) is 0 Å². The van der Waals surface area contributed by atoms with Crippen LogP contribution in [0.1, 0.15) is 440 Å². The average Bonchev–Trinajstić information content (AvgIpc) is 2.71. The van der Waals surface area contributed by atoms with Gasteiger partial charge >= 0.3 is 0 Å². The molecule has 3 saturated carbocycles. The van der Waals surface area contributed by atoms with Gasteiger partial charge < -0.3 is 10.6 Å². The molecular formula is C82H154N2O4. The fourth-order valence-electron chi connectivity index (χ4n) is 16.6. The molecule has 2 amide bonds. The number of hydrogen-bond acceptors (Lipinski definition) is 4. The highest BCUT2D eigenvalue weighted by Crippen LogP contribution is 2.47. The molecule has 0 aromatic heterocycles. The minimum absolute atomic E-state index is 0.0534. The maximum atomic E-state index is 13.8. The fourth-order valence-corrected chi connectivity index (χ4v) is 16.6. The predicted molar refractivity (Wildman–Crippen MR) is 382 cm³/mol. The molecule has 3 aliphatic rings. The summed E-state index contributed by atoms with van der Waals surface area (Å²) in [5.41, 5.74) is 0. The number of unbranched alkanes of at least 4 members (excludes halogenated alkanes) is 34. The molecule has 88 heavy (non-hydrogen) atoms. The van der Waals surface area contributed by atoms with Crippen LogP contribution in [0, 0.1) is 47.3 Å². The summed E-state index contributed by atoms with van der Waals surface area (Å²) < 4.78 is 0. The number of nitrogens with one attached hydrogen (secondary N) is 2. The molecule has 0 spiro atoms. The van der Waals surface area contributed by atoms with Gasteiger partial charge in [-0.25, -0.2) is 0 Å². The van der Waals surface area contributed by atoms with Gasteiger partial charge in [-0.1, -0.05) is 337 Å². The van der Waals surface area contributed by atoms with Crippen molar-refractivity contribution in [2.24, 2.45) is 47.3 Å². The van der Waals surface area contributed by atoms with Crippen LogP contribution < -0.4 is 10.6 Å². The van der Waals surface area contributed by atoms with Crippen molar-refractivity contribution in [1.29, 1.82) is 0 Å². The Kier molecular flexibility index (Phi) is 51.0. The Morgan fingerprint density at radius 3 is 0.875 bits per heavy atom. The van der Waals surface area contributed by atoms with Gasteiger partial charge in [-0.15, -0.1) is 0 Å². The third-order valence-electron chi connectivity index (χ3n) is 22.3. The average molecular weight is 1230 g/mol. The van der Waals surface area contributed by atoms with E-state index in [4.69, 9.17) is 0 Å². The Bertz CT molecular complexity index is 1640. The van der Waals surface area contributed by atoms with Gasteiger partial charge in [-0.2, -0.15) is 0 Å². The minimum atomic E-state index is 0.0534. The van der Waals surface area contributed by atoms with E-state index in [0.717, 1.165) is 132 Å². The maximum Gasteiger partial charge on any atom is 0.220 e. The Morgan fingerprint density at radius 1 is 0.295 bits per heavy atom. The van der Waals surface area contributed by atoms with E-state index in [2.05, 4.69) is 52.2 Å². The molecule has 6 nitrogen and oxygen atoms in total. The molecule has 0 bridgehead atoms. The standard InChI is InChI=1S/C82H154N2O4/c1-7-9-11-13-33-39-53-71-65-73(55-45-47-60-78(86)68-76-58-44-43-57-75(76)67-77(85)59-41-35-29-25-21-17-15-16-19-23-27-31-37-51-69(3)4)74(66-72(71)54-40-34-14-12-10-8-2)56-46-50-64-82(88)84-80-62-49-48-61-79(80)83-81(87)63-42-36-30-26-22-18-20-24-28-32-38-52-70(5)6/h69-76,79-80H,7-68H2,1-6H3,(H,83,87)(H,84,88)/t71?,72?,73?,74?,75-,76-,79-,80-/m0/s1. The minimum Gasteiger partial charge on any atom is -0.351 e. The van der Waals surface area contributed by atoms with Crippen molar-refractivity contribution >= 4 is 23.4 Å². The van der Waals surface area contributed by atoms with Crippen LogP contribution in [0.4, 0.5) is 0 Å². The first-order valence-corrected chi connectivity index (χ1v) is 40.6. The Balaban J connectivity index is 1.43. The summed E-state index contributed by atoms with van der Waals surface area (Å²) in [5.74, 6) is 6.92. The normalized spacial score (nSPS) is 21.5. The van der Waals surface area contributed by atoms with Crippen molar-refractivity contribution in [3.8, 4) is 0 Å². The monoisotopic (exact) mass is 1230 g/mol. The highest BCUT2D eigenvalue weighted by Gasteiger charge is 2.36. The zero-order valence-electron chi connectivity index (χ0n) is 60.2. The fraction of sp³-hybridized carbons (Fsp3) is 0.951. The summed E-state index contributed by atoms with van der Waals surface area (Å²) in [4.78, 5) is 54.0. The van der Waals surface area contributed by atoms with Crippen molar-refractivity contribution in [3.63, 3.8) is 0 Å². The van der Waals surface area contributed by atoms with Crippen molar-refractivity contribution < 1.29 is 19.2 Å². The second kappa shape index (κ2) is 55.7. The molecule has 8 atom stereocenters. The molecule has 0 aromatic carbocycles. The van der Waals surface area contributed by atoms with E-state index in [-0.39, 0.29) is 23.9 Å². The van der Waals surface area contributed by atoms with Crippen LogP contribution in [0.3, 0.4) is 0 Å². The maximum absolute atomic E-state index is 13.8. The van der Waals surface area contributed by atoms with Crippen LogP contribution in [-0.2, 0) is 19.2 Å². The Labute approximate surface area is 549 Å². The van der Waals surface area contributed by atoms with Crippen LogP contribution in [0.2, 0.25) is 0 Å². The number of rotatable bonds is 60. The largest absolute Gasteiger partial charge is 0.351 e. The van der Waals surface area contributed by atoms with Gasteiger partial charge in [-0.05, 0) is 112 Å². The molecule has 0 aliphatic heterocycles. The quantitative estimate of drug-likeness (QED) is 0.0594. The molecule has 6 heteroatoms. The van der Waals surface area contributed by atoms with Crippen LogP contribution in [0.15, 0.2) is 0 Å². The lowest BCUT2D eigenvalue weighted by molar-refractivity contribution is -0.125. The van der Waals surface area contributed by atoms with Gasteiger partial charge in [0.05, 0.1) is 0 Å².